The maximum Gasteiger partial charge on any atom is 0.136 e. The van der Waals surface area contributed by atoms with Gasteiger partial charge in [-0.1, -0.05) is 47.5 Å². The molecule has 142 valence electrons. The zero-order valence-corrected chi connectivity index (χ0v) is 16.7. The highest BCUT2D eigenvalue weighted by molar-refractivity contribution is 6.17. The van der Waals surface area contributed by atoms with Gasteiger partial charge in [0, 0.05) is 21.5 Å². The summed E-state index contributed by atoms with van der Waals surface area (Å²) in [6, 6.07) is 26.1. The lowest BCUT2D eigenvalue weighted by Gasteiger charge is -1.99. The largest absolute Gasteiger partial charge is 0.456 e. The van der Waals surface area contributed by atoms with Crippen molar-refractivity contribution >= 4 is 65.4 Å². The minimum Gasteiger partial charge on any atom is -0.456 e. The van der Waals surface area contributed by atoms with Crippen molar-refractivity contribution in [3.8, 4) is 0 Å². The Morgan fingerprint density at radius 3 is 1.27 bits per heavy atom. The van der Waals surface area contributed by atoms with Crippen LogP contribution < -0.4 is 0 Å². The molecule has 0 N–H and O–H groups in total. The van der Waals surface area contributed by atoms with Gasteiger partial charge in [0.25, 0.3) is 0 Å². The van der Waals surface area contributed by atoms with Gasteiger partial charge in [0.15, 0.2) is 0 Å². The Morgan fingerprint density at radius 2 is 0.800 bits per heavy atom. The second kappa shape index (κ2) is 5.43. The summed E-state index contributed by atoms with van der Waals surface area (Å²) in [6.45, 7) is 4.24. The Labute approximate surface area is 172 Å². The molecule has 2 heterocycles. The highest BCUT2D eigenvalue weighted by Gasteiger charge is 2.14. The molecule has 5 aromatic carbocycles. The van der Waals surface area contributed by atoms with Crippen LogP contribution in [0.1, 0.15) is 11.1 Å². The van der Waals surface area contributed by atoms with Crippen molar-refractivity contribution < 1.29 is 8.83 Å². The lowest BCUT2D eigenvalue weighted by molar-refractivity contribution is 0.664. The monoisotopic (exact) mass is 386 g/mol. The third-order valence-electron chi connectivity index (χ3n) is 6.29. The molecule has 0 aliphatic carbocycles. The fourth-order valence-electron chi connectivity index (χ4n) is 4.77. The third kappa shape index (κ3) is 2.13. The predicted molar refractivity (Wildman–Crippen MR) is 125 cm³/mol. The van der Waals surface area contributed by atoms with Crippen molar-refractivity contribution in [1.29, 1.82) is 0 Å². The Bertz CT molecular complexity index is 1680. The quantitative estimate of drug-likeness (QED) is 0.261. The summed E-state index contributed by atoms with van der Waals surface area (Å²) in [4.78, 5) is 0. The molecule has 7 aromatic rings. The van der Waals surface area contributed by atoms with Crippen molar-refractivity contribution in [1.82, 2.24) is 0 Å². The molecule has 2 heteroatoms. The topological polar surface area (TPSA) is 26.3 Å². The van der Waals surface area contributed by atoms with E-state index < -0.39 is 0 Å². The van der Waals surface area contributed by atoms with Crippen LogP contribution in [-0.4, -0.2) is 0 Å². The SMILES string of the molecule is Cc1ccc2cc3c(cc2c1)oc1cc2c(cc13)oc1cc3cc(C)ccc3cc12. The first-order chi connectivity index (χ1) is 14.6. The summed E-state index contributed by atoms with van der Waals surface area (Å²) < 4.78 is 12.6. The van der Waals surface area contributed by atoms with E-state index in [1.807, 2.05) is 0 Å². The smallest absolute Gasteiger partial charge is 0.136 e. The Balaban J connectivity index is 1.58. The van der Waals surface area contributed by atoms with Crippen molar-refractivity contribution in [2.45, 2.75) is 13.8 Å². The Morgan fingerprint density at radius 1 is 0.400 bits per heavy atom. The Hall–Kier alpha value is -3.78. The van der Waals surface area contributed by atoms with Gasteiger partial charge in [-0.2, -0.15) is 0 Å². The van der Waals surface area contributed by atoms with Gasteiger partial charge in [-0.3, -0.25) is 0 Å². The van der Waals surface area contributed by atoms with Crippen molar-refractivity contribution in [2.75, 3.05) is 0 Å². The van der Waals surface area contributed by atoms with Crippen molar-refractivity contribution in [3.05, 3.63) is 83.9 Å². The van der Waals surface area contributed by atoms with Gasteiger partial charge < -0.3 is 8.83 Å². The molecule has 2 nitrogen and oxygen atoms in total. The number of rotatable bonds is 0. The van der Waals surface area contributed by atoms with Crippen LogP contribution in [0.25, 0.3) is 65.4 Å². The molecule has 0 bridgehead atoms. The number of furan rings is 2. The highest BCUT2D eigenvalue weighted by Crippen LogP contribution is 2.39. The van der Waals surface area contributed by atoms with Crippen LogP contribution in [0.3, 0.4) is 0 Å². The molecule has 7 rings (SSSR count). The minimum absolute atomic E-state index is 0.899. The standard InChI is InChI=1S/C28H18O2/c1-15-3-5-17-9-21-23-13-28-24(14-27(23)29-25(21)11-19(17)7-15)22-10-18-6-4-16(2)8-20(18)12-26(22)30-28/h3-14H,1-2H3. The first-order valence-corrected chi connectivity index (χ1v) is 10.3. The fourth-order valence-corrected chi connectivity index (χ4v) is 4.77. The zero-order chi connectivity index (χ0) is 20.0. The first kappa shape index (κ1) is 16.1. The molecule has 2 aromatic heterocycles. The molecule has 0 aliphatic rings. The number of aryl methyl sites for hydroxylation is 2. The normalized spacial score (nSPS) is 12.3. The van der Waals surface area contributed by atoms with Crippen LogP contribution in [0.5, 0.6) is 0 Å². The van der Waals surface area contributed by atoms with Gasteiger partial charge in [0.2, 0.25) is 0 Å². The van der Waals surface area contributed by atoms with E-state index in [9.17, 15) is 0 Å². The number of fused-ring (bicyclic) bond motifs is 8. The van der Waals surface area contributed by atoms with Crippen molar-refractivity contribution in [2.24, 2.45) is 0 Å². The van der Waals surface area contributed by atoms with Crippen LogP contribution in [0, 0.1) is 13.8 Å². The summed E-state index contributed by atoms with van der Waals surface area (Å²) in [6.07, 6.45) is 0. The molecule has 0 amide bonds. The maximum absolute atomic E-state index is 6.29. The molecule has 0 unspecified atom stereocenters. The summed E-state index contributed by atoms with van der Waals surface area (Å²) in [5.41, 5.74) is 6.14. The lowest BCUT2D eigenvalue weighted by Crippen LogP contribution is -1.76. The summed E-state index contributed by atoms with van der Waals surface area (Å²) in [5.74, 6) is 0. The third-order valence-corrected chi connectivity index (χ3v) is 6.29. The van der Waals surface area contributed by atoms with Gasteiger partial charge in [0.1, 0.15) is 22.3 Å². The highest BCUT2D eigenvalue weighted by atomic mass is 16.3. The molecular weight excluding hydrogens is 368 g/mol. The van der Waals surface area contributed by atoms with E-state index in [4.69, 9.17) is 8.83 Å². The zero-order valence-electron chi connectivity index (χ0n) is 16.7. The van der Waals surface area contributed by atoms with Gasteiger partial charge in [-0.05, 0) is 71.8 Å². The average molecular weight is 386 g/mol. The number of hydrogen-bond donors (Lipinski definition) is 0. The van der Waals surface area contributed by atoms with Crippen LogP contribution >= 0.6 is 0 Å². The van der Waals surface area contributed by atoms with E-state index in [0.29, 0.717) is 0 Å². The van der Waals surface area contributed by atoms with Crippen LogP contribution in [0.15, 0.2) is 81.6 Å². The minimum atomic E-state index is 0.899. The second-order valence-corrected chi connectivity index (χ2v) is 8.45. The predicted octanol–water partition coefficient (Wildman–Crippen LogP) is 8.41. The molecule has 0 saturated heterocycles. The number of benzene rings is 5. The summed E-state index contributed by atoms with van der Waals surface area (Å²) >= 11 is 0. The average Bonchev–Trinajstić information content (AvgIpc) is 3.25. The first-order valence-electron chi connectivity index (χ1n) is 10.3. The van der Waals surface area contributed by atoms with E-state index in [-0.39, 0.29) is 0 Å². The van der Waals surface area contributed by atoms with E-state index >= 15 is 0 Å². The van der Waals surface area contributed by atoms with Gasteiger partial charge in [0.05, 0.1) is 0 Å². The van der Waals surface area contributed by atoms with E-state index in [0.717, 1.165) is 43.9 Å². The van der Waals surface area contributed by atoms with Crippen LogP contribution in [0.4, 0.5) is 0 Å². The molecule has 0 atom stereocenters. The molecule has 0 fully saturated rings. The second-order valence-electron chi connectivity index (χ2n) is 8.45. The van der Waals surface area contributed by atoms with E-state index in [1.54, 1.807) is 0 Å². The van der Waals surface area contributed by atoms with Gasteiger partial charge >= 0.3 is 0 Å². The van der Waals surface area contributed by atoms with Gasteiger partial charge in [-0.15, -0.1) is 0 Å². The van der Waals surface area contributed by atoms with E-state index in [1.165, 1.54) is 32.7 Å². The molecule has 0 spiro atoms. The molecule has 0 aliphatic heterocycles. The molecule has 30 heavy (non-hydrogen) atoms. The lowest BCUT2D eigenvalue weighted by atomic mass is 10.0. The summed E-state index contributed by atoms with van der Waals surface area (Å²) in [5, 5.41) is 9.31. The van der Waals surface area contributed by atoms with Gasteiger partial charge in [-0.25, -0.2) is 0 Å². The molecular formula is C28H18O2. The molecule has 0 radical (unpaired) electrons. The maximum atomic E-state index is 6.29. The molecule has 0 saturated carbocycles. The van der Waals surface area contributed by atoms with E-state index in [2.05, 4.69) is 86.6 Å². The fraction of sp³-hybridized carbons (Fsp3) is 0.0714. The van der Waals surface area contributed by atoms with Crippen molar-refractivity contribution in [3.63, 3.8) is 0 Å². The summed E-state index contributed by atoms with van der Waals surface area (Å²) in [7, 11) is 0. The Kier molecular flexibility index (Phi) is 2.91. The van der Waals surface area contributed by atoms with Crippen LogP contribution in [0.2, 0.25) is 0 Å². The van der Waals surface area contributed by atoms with Crippen LogP contribution in [-0.2, 0) is 0 Å². The number of hydrogen-bond acceptors (Lipinski definition) is 2.